The number of ether oxygens (including phenoxy) is 3. The minimum Gasteiger partial charge on any atom is -0.497 e. The van der Waals surface area contributed by atoms with Crippen molar-refractivity contribution in [3.8, 4) is 11.5 Å². The largest absolute Gasteiger partial charge is 0.497 e. The van der Waals surface area contributed by atoms with Gasteiger partial charge in [0, 0.05) is 5.39 Å². The number of pyridine rings is 1. The molecule has 7 nitrogen and oxygen atoms in total. The number of anilines is 1. The van der Waals surface area contributed by atoms with Gasteiger partial charge in [-0.05, 0) is 50.2 Å². The van der Waals surface area contributed by atoms with E-state index in [0.29, 0.717) is 22.3 Å². The molecule has 0 radical (unpaired) electrons. The first kappa shape index (κ1) is 21.9. The molecule has 0 saturated carbocycles. The van der Waals surface area contributed by atoms with Crippen LogP contribution in [-0.2, 0) is 9.53 Å². The highest BCUT2D eigenvalue weighted by Gasteiger charge is 2.22. The lowest BCUT2D eigenvalue weighted by atomic mass is 10.1. The first-order valence-electron chi connectivity index (χ1n) is 9.29. The molecule has 31 heavy (non-hydrogen) atoms. The van der Waals surface area contributed by atoms with Crippen LogP contribution in [0.3, 0.4) is 0 Å². The first-order chi connectivity index (χ1) is 14.8. The molecule has 162 valence electrons. The number of hydrogen-bond donors (Lipinski definition) is 1. The Morgan fingerprint density at radius 2 is 1.84 bits per heavy atom. The van der Waals surface area contributed by atoms with Gasteiger partial charge >= 0.3 is 12.6 Å². The van der Waals surface area contributed by atoms with Gasteiger partial charge in [-0.1, -0.05) is 12.1 Å². The number of aromatic nitrogens is 1. The second-order valence-electron chi connectivity index (χ2n) is 6.59. The lowest BCUT2D eigenvalue weighted by Crippen LogP contribution is -2.30. The van der Waals surface area contributed by atoms with Crippen LogP contribution < -0.4 is 14.8 Å². The highest BCUT2D eigenvalue weighted by atomic mass is 19.3. The van der Waals surface area contributed by atoms with Gasteiger partial charge < -0.3 is 19.5 Å². The van der Waals surface area contributed by atoms with Gasteiger partial charge in [0.1, 0.15) is 11.5 Å². The summed E-state index contributed by atoms with van der Waals surface area (Å²) in [7, 11) is 1.53. The van der Waals surface area contributed by atoms with Gasteiger partial charge in [0.15, 0.2) is 6.10 Å². The average molecular weight is 430 g/mol. The zero-order chi connectivity index (χ0) is 22.5. The third-order valence-electron chi connectivity index (χ3n) is 4.45. The van der Waals surface area contributed by atoms with E-state index in [4.69, 9.17) is 9.47 Å². The van der Waals surface area contributed by atoms with Gasteiger partial charge in [0.25, 0.3) is 5.91 Å². The van der Waals surface area contributed by atoms with Crippen LogP contribution in [0.5, 0.6) is 11.5 Å². The van der Waals surface area contributed by atoms with E-state index in [2.05, 4.69) is 15.0 Å². The number of para-hydroxylation sites is 2. The maximum absolute atomic E-state index is 12.6. The van der Waals surface area contributed by atoms with Crippen LogP contribution in [0.4, 0.5) is 14.5 Å². The predicted molar refractivity (Wildman–Crippen MR) is 110 cm³/mol. The van der Waals surface area contributed by atoms with Crippen molar-refractivity contribution in [2.75, 3.05) is 12.4 Å². The molecule has 1 heterocycles. The lowest BCUT2D eigenvalue weighted by molar-refractivity contribution is -0.123. The summed E-state index contributed by atoms with van der Waals surface area (Å²) in [5.41, 5.74) is 1.34. The van der Waals surface area contributed by atoms with Crippen molar-refractivity contribution in [2.45, 2.75) is 26.6 Å². The molecule has 1 aromatic heterocycles. The molecular weight excluding hydrogens is 410 g/mol. The number of halogens is 2. The molecular formula is C22H20F2N2O5. The van der Waals surface area contributed by atoms with Crippen molar-refractivity contribution in [1.29, 1.82) is 0 Å². The van der Waals surface area contributed by atoms with E-state index < -0.39 is 24.6 Å². The molecule has 1 amide bonds. The fraction of sp³-hybridized carbons (Fsp3) is 0.227. The normalized spacial score (nSPS) is 11.8. The summed E-state index contributed by atoms with van der Waals surface area (Å²) in [6, 6.07) is 12.6. The minimum absolute atomic E-state index is 0.0337. The van der Waals surface area contributed by atoms with Crippen molar-refractivity contribution in [2.24, 2.45) is 0 Å². The van der Waals surface area contributed by atoms with Gasteiger partial charge in [-0.3, -0.25) is 9.78 Å². The van der Waals surface area contributed by atoms with E-state index in [0.717, 1.165) is 0 Å². The van der Waals surface area contributed by atoms with Gasteiger partial charge in [-0.25, -0.2) is 4.79 Å². The molecule has 9 heteroatoms. The molecule has 2 aromatic carbocycles. The number of nitrogens with zero attached hydrogens (tertiary/aromatic N) is 1. The number of carbonyl (C=O) groups is 2. The monoisotopic (exact) mass is 430 g/mol. The molecule has 3 rings (SSSR count). The highest BCUT2D eigenvalue weighted by molar-refractivity contribution is 5.99. The number of amides is 1. The SMILES string of the molecule is COc1ccc2nc(C)c(C(=O)OC(C)C(=O)Nc3ccccc3OC(F)F)cc2c1. The number of aryl methyl sites for hydroxylation is 1. The van der Waals surface area contributed by atoms with Gasteiger partial charge in [-0.2, -0.15) is 8.78 Å². The maximum Gasteiger partial charge on any atom is 0.387 e. The fourth-order valence-corrected chi connectivity index (χ4v) is 2.87. The van der Waals surface area contributed by atoms with Crippen molar-refractivity contribution in [3.05, 3.63) is 59.8 Å². The number of methoxy groups -OCH3 is 1. The Balaban J connectivity index is 1.74. The molecule has 1 N–H and O–H groups in total. The number of esters is 1. The van der Waals surface area contributed by atoms with E-state index in [-0.39, 0.29) is 17.0 Å². The number of alkyl halides is 2. The standard InChI is InChI=1S/C22H20F2N2O5/c1-12-16(11-14-10-15(29-3)8-9-17(14)25-12)21(28)30-13(2)20(27)26-18-6-4-5-7-19(18)31-22(23)24/h4-11,13,22H,1-3H3,(H,26,27). The Bertz CT molecular complexity index is 1120. The lowest BCUT2D eigenvalue weighted by Gasteiger charge is -2.16. The zero-order valence-electron chi connectivity index (χ0n) is 17.0. The van der Waals surface area contributed by atoms with Crippen molar-refractivity contribution < 1.29 is 32.6 Å². The molecule has 0 aliphatic carbocycles. The van der Waals surface area contributed by atoms with Crippen molar-refractivity contribution >= 4 is 28.5 Å². The summed E-state index contributed by atoms with van der Waals surface area (Å²) >= 11 is 0. The van der Waals surface area contributed by atoms with E-state index in [1.807, 2.05) is 0 Å². The topological polar surface area (TPSA) is 86.8 Å². The second kappa shape index (κ2) is 9.38. The molecule has 1 atom stereocenters. The van der Waals surface area contributed by atoms with Crippen LogP contribution in [-0.4, -0.2) is 36.7 Å². The van der Waals surface area contributed by atoms with Gasteiger partial charge in [-0.15, -0.1) is 0 Å². The Labute approximate surface area is 176 Å². The van der Waals surface area contributed by atoms with E-state index in [1.54, 1.807) is 37.3 Å². The number of benzene rings is 2. The number of carbonyl (C=O) groups excluding carboxylic acids is 2. The van der Waals surface area contributed by atoms with Crippen LogP contribution in [0, 0.1) is 6.92 Å². The highest BCUT2D eigenvalue weighted by Crippen LogP contribution is 2.26. The fourth-order valence-electron chi connectivity index (χ4n) is 2.87. The number of fused-ring (bicyclic) bond motifs is 1. The summed E-state index contributed by atoms with van der Waals surface area (Å²) in [6.45, 7) is -0.0186. The molecule has 0 saturated heterocycles. The summed E-state index contributed by atoms with van der Waals surface area (Å²) in [5.74, 6) is -1.04. The van der Waals surface area contributed by atoms with Gasteiger partial charge in [0.2, 0.25) is 0 Å². The number of nitrogens with one attached hydrogen (secondary N) is 1. The maximum atomic E-state index is 12.6. The second-order valence-corrected chi connectivity index (χ2v) is 6.59. The Morgan fingerprint density at radius 3 is 2.55 bits per heavy atom. The van der Waals surface area contributed by atoms with E-state index >= 15 is 0 Å². The quantitative estimate of drug-likeness (QED) is 0.562. The number of rotatable bonds is 7. The molecule has 3 aromatic rings. The van der Waals surface area contributed by atoms with Crippen molar-refractivity contribution in [1.82, 2.24) is 4.98 Å². The third kappa shape index (κ3) is 5.25. The number of hydrogen-bond acceptors (Lipinski definition) is 6. The van der Waals surface area contributed by atoms with Crippen LogP contribution in [0.25, 0.3) is 10.9 Å². The van der Waals surface area contributed by atoms with Crippen LogP contribution in [0.2, 0.25) is 0 Å². The summed E-state index contributed by atoms with van der Waals surface area (Å²) in [6.07, 6.45) is -1.20. The van der Waals surface area contributed by atoms with E-state index in [9.17, 15) is 18.4 Å². The smallest absolute Gasteiger partial charge is 0.387 e. The molecule has 0 fully saturated rings. The van der Waals surface area contributed by atoms with Crippen LogP contribution in [0.1, 0.15) is 23.0 Å². The third-order valence-corrected chi connectivity index (χ3v) is 4.45. The Morgan fingerprint density at radius 1 is 1.10 bits per heavy atom. The molecule has 1 unspecified atom stereocenters. The first-order valence-corrected chi connectivity index (χ1v) is 9.29. The summed E-state index contributed by atoms with van der Waals surface area (Å²) in [4.78, 5) is 29.5. The summed E-state index contributed by atoms with van der Waals surface area (Å²) in [5, 5.41) is 3.10. The molecule has 0 aliphatic rings. The minimum atomic E-state index is -3.05. The molecule has 0 spiro atoms. The Hall–Kier alpha value is -3.75. The van der Waals surface area contributed by atoms with E-state index in [1.165, 1.54) is 32.2 Å². The van der Waals surface area contributed by atoms with Gasteiger partial charge in [0.05, 0.1) is 29.6 Å². The zero-order valence-corrected chi connectivity index (χ0v) is 17.0. The molecule has 0 bridgehead atoms. The molecule has 0 aliphatic heterocycles. The summed E-state index contributed by atoms with van der Waals surface area (Å²) < 4.78 is 39.9. The Kier molecular flexibility index (Phi) is 6.64. The average Bonchev–Trinajstić information content (AvgIpc) is 2.73. The van der Waals surface area contributed by atoms with Crippen LogP contribution >= 0.6 is 0 Å². The van der Waals surface area contributed by atoms with Crippen LogP contribution in [0.15, 0.2) is 48.5 Å². The van der Waals surface area contributed by atoms with Crippen molar-refractivity contribution in [3.63, 3.8) is 0 Å². The predicted octanol–water partition coefficient (Wildman–Crippen LogP) is 4.34.